The second-order valence-electron chi connectivity index (χ2n) is 9.85. The Morgan fingerprint density at radius 1 is 1.06 bits per heavy atom. The second-order valence-corrected chi connectivity index (χ2v) is 9.85. The molecule has 2 unspecified atom stereocenters. The number of ether oxygens (including phenoxy) is 3. The average Bonchev–Trinajstić information content (AvgIpc) is 3.31. The zero-order valence-electron chi connectivity index (χ0n) is 19.1. The maximum atomic E-state index is 13.1. The van der Waals surface area contributed by atoms with Crippen LogP contribution in [0.4, 0.5) is 5.69 Å². The topological polar surface area (TPSA) is 60.0 Å². The minimum absolute atomic E-state index is 0. The first-order valence-corrected chi connectivity index (χ1v) is 11.8. The number of nitrogens with one attached hydrogen (secondary N) is 1. The van der Waals surface area contributed by atoms with E-state index >= 15 is 0 Å². The highest BCUT2D eigenvalue weighted by molar-refractivity contribution is 6.09. The highest BCUT2D eigenvalue weighted by Gasteiger charge is 2.54. The zero-order chi connectivity index (χ0) is 21.9. The largest absolute Gasteiger partial charge is 0.491 e. The number of carbonyl (C=O) groups excluding carboxylic acids is 1. The molecular formula is C26H31ClN2O4. The van der Waals surface area contributed by atoms with Gasteiger partial charge in [-0.05, 0) is 69.8 Å². The van der Waals surface area contributed by atoms with Gasteiger partial charge in [-0.3, -0.25) is 4.79 Å². The van der Waals surface area contributed by atoms with Crippen LogP contribution in [-0.4, -0.2) is 49.3 Å². The molecule has 176 valence electrons. The maximum absolute atomic E-state index is 13.1. The third kappa shape index (κ3) is 3.55. The van der Waals surface area contributed by atoms with Crippen LogP contribution >= 0.6 is 12.4 Å². The predicted octanol–water partition coefficient (Wildman–Crippen LogP) is 4.39. The van der Waals surface area contributed by atoms with Crippen molar-refractivity contribution in [3.63, 3.8) is 0 Å². The van der Waals surface area contributed by atoms with Crippen LogP contribution in [0.2, 0.25) is 0 Å². The number of hydrogen-bond acceptors (Lipinski definition) is 5. The Morgan fingerprint density at radius 3 is 2.64 bits per heavy atom. The molecule has 1 spiro atoms. The van der Waals surface area contributed by atoms with Gasteiger partial charge in [0, 0.05) is 23.4 Å². The number of amides is 1. The summed E-state index contributed by atoms with van der Waals surface area (Å²) in [5.41, 5.74) is 1.87. The van der Waals surface area contributed by atoms with Crippen molar-refractivity contribution in [2.45, 2.75) is 50.7 Å². The minimum Gasteiger partial charge on any atom is -0.491 e. The number of likely N-dealkylation sites (tertiary alicyclic amines) is 1. The molecule has 1 fully saturated rings. The number of piperidine rings is 1. The van der Waals surface area contributed by atoms with Gasteiger partial charge in [0.15, 0.2) is 11.5 Å². The zero-order valence-corrected chi connectivity index (χ0v) is 20.0. The minimum atomic E-state index is -0.819. The van der Waals surface area contributed by atoms with Gasteiger partial charge in [-0.1, -0.05) is 18.2 Å². The number of benzene rings is 2. The number of carbonyl (C=O) groups is 1. The molecule has 2 aromatic rings. The van der Waals surface area contributed by atoms with Gasteiger partial charge < -0.3 is 24.4 Å². The van der Waals surface area contributed by atoms with Crippen molar-refractivity contribution >= 4 is 24.0 Å². The summed E-state index contributed by atoms with van der Waals surface area (Å²) in [6, 6.07) is 12.4. The molecule has 1 N–H and O–H groups in total. The van der Waals surface area contributed by atoms with E-state index in [2.05, 4.69) is 24.1 Å². The highest BCUT2D eigenvalue weighted by Crippen LogP contribution is 2.53. The number of hydrogen-bond donors (Lipinski definition) is 1. The smallest absolute Gasteiger partial charge is 0.243 e. The molecule has 6 nitrogen and oxygen atoms in total. The number of rotatable bonds is 3. The molecule has 2 atom stereocenters. The lowest BCUT2D eigenvalue weighted by atomic mass is 9.77. The fourth-order valence-corrected chi connectivity index (χ4v) is 5.78. The first-order chi connectivity index (χ1) is 15.5. The summed E-state index contributed by atoms with van der Waals surface area (Å²) in [6.07, 6.45) is 3.47. The van der Waals surface area contributed by atoms with E-state index in [1.807, 2.05) is 36.4 Å². The van der Waals surface area contributed by atoms with Crippen molar-refractivity contribution in [3.05, 3.63) is 47.5 Å². The van der Waals surface area contributed by atoms with Crippen molar-refractivity contribution in [1.82, 2.24) is 4.90 Å². The number of anilines is 1. The molecular weight excluding hydrogens is 440 g/mol. The molecule has 0 aliphatic carbocycles. The van der Waals surface area contributed by atoms with Crippen LogP contribution in [0.3, 0.4) is 0 Å². The van der Waals surface area contributed by atoms with Crippen molar-refractivity contribution < 1.29 is 19.0 Å². The van der Waals surface area contributed by atoms with Gasteiger partial charge in [0.05, 0.1) is 0 Å². The molecule has 1 amide bonds. The van der Waals surface area contributed by atoms with E-state index in [0.29, 0.717) is 36.7 Å². The Hall–Kier alpha value is -2.44. The monoisotopic (exact) mass is 470 g/mol. The van der Waals surface area contributed by atoms with E-state index in [0.717, 1.165) is 42.1 Å². The third-order valence-electron chi connectivity index (χ3n) is 7.67. The summed E-state index contributed by atoms with van der Waals surface area (Å²) < 4.78 is 18.5. The molecule has 0 aromatic heterocycles. The van der Waals surface area contributed by atoms with Gasteiger partial charge in [-0.25, -0.2) is 0 Å². The first kappa shape index (κ1) is 22.4. The van der Waals surface area contributed by atoms with Crippen LogP contribution in [0.1, 0.15) is 44.2 Å². The van der Waals surface area contributed by atoms with Gasteiger partial charge >= 0.3 is 0 Å². The number of para-hydroxylation sites is 1. The van der Waals surface area contributed by atoms with Crippen LogP contribution in [0, 0.1) is 5.92 Å². The number of halogens is 1. The predicted molar refractivity (Wildman–Crippen MR) is 129 cm³/mol. The summed E-state index contributed by atoms with van der Waals surface area (Å²) in [6.45, 7) is 7.72. The third-order valence-corrected chi connectivity index (χ3v) is 7.67. The lowest BCUT2D eigenvalue weighted by Crippen LogP contribution is -2.40. The van der Waals surface area contributed by atoms with Crippen LogP contribution in [-0.2, 0) is 10.2 Å². The van der Waals surface area contributed by atoms with Crippen LogP contribution in [0.5, 0.6) is 17.2 Å². The SMILES string of the molecule is CC(C)N1CCC(CC2COc3cc4c(cc3O2)C2(CO4)C(=O)Nc3ccccc32)CC1.Cl. The Kier molecular flexibility index (Phi) is 5.69. The van der Waals surface area contributed by atoms with Gasteiger partial charge in [0.1, 0.15) is 30.5 Å². The van der Waals surface area contributed by atoms with E-state index in [9.17, 15) is 4.79 Å². The number of nitrogens with zero attached hydrogens (tertiary/aromatic N) is 1. The van der Waals surface area contributed by atoms with E-state index in [4.69, 9.17) is 14.2 Å². The lowest BCUT2D eigenvalue weighted by molar-refractivity contribution is -0.119. The molecule has 7 heteroatoms. The molecule has 4 aliphatic heterocycles. The first-order valence-electron chi connectivity index (χ1n) is 11.8. The summed E-state index contributed by atoms with van der Waals surface area (Å²) >= 11 is 0. The molecule has 6 rings (SSSR count). The molecule has 4 aliphatic rings. The molecule has 0 bridgehead atoms. The molecule has 1 saturated heterocycles. The Morgan fingerprint density at radius 2 is 1.85 bits per heavy atom. The van der Waals surface area contributed by atoms with Gasteiger partial charge in [0.2, 0.25) is 5.91 Å². The fraction of sp³-hybridized carbons (Fsp3) is 0.500. The Labute approximate surface area is 201 Å². The summed E-state index contributed by atoms with van der Waals surface area (Å²) in [7, 11) is 0. The van der Waals surface area contributed by atoms with Gasteiger partial charge in [-0.2, -0.15) is 0 Å². The van der Waals surface area contributed by atoms with Crippen molar-refractivity contribution in [2.24, 2.45) is 5.92 Å². The summed E-state index contributed by atoms with van der Waals surface area (Å²) in [5.74, 6) is 2.76. The highest BCUT2D eigenvalue weighted by atomic mass is 35.5. The van der Waals surface area contributed by atoms with Crippen LogP contribution < -0.4 is 19.5 Å². The van der Waals surface area contributed by atoms with Crippen LogP contribution in [0.15, 0.2) is 36.4 Å². The van der Waals surface area contributed by atoms with E-state index in [-0.39, 0.29) is 24.4 Å². The van der Waals surface area contributed by atoms with E-state index in [1.165, 1.54) is 12.8 Å². The van der Waals surface area contributed by atoms with E-state index < -0.39 is 5.41 Å². The van der Waals surface area contributed by atoms with Crippen molar-refractivity contribution in [2.75, 3.05) is 31.6 Å². The molecule has 33 heavy (non-hydrogen) atoms. The van der Waals surface area contributed by atoms with Gasteiger partial charge in [0.25, 0.3) is 0 Å². The molecule has 4 heterocycles. The Bertz CT molecular complexity index is 1070. The van der Waals surface area contributed by atoms with Crippen molar-refractivity contribution in [3.8, 4) is 17.2 Å². The molecule has 0 radical (unpaired) electrons. The summed E-state index contributed by atoms with van der Waals surface area (Å²) in [5, 5.41) is 3.03. The summed E-state index contributed by atoms with van der Waals surface area (Å²) in [4.78, 5) is 15.7. The maximum Gasteiger partial charge on any atom is 0.243 e. The molecule has 0 saturated carbocycles. The quantitative estimate of drug-likeness (QED) is 0.721. The standard InChI is InChI=1S/C26H30N2O4.ClH/c1-16(2)28-9-7-17(8-10-28)11-18-14-30-23-13-22-20(12-24(23)32-18)26(15-31-22)19-5-3-4-6-21(19)27-25(26)29;/h3-6,12-13,16-18H,7-11,14-15H2,1-2H3,(H,27,29);1H. The fourth-order valence-electron chi connectivity index (χ4n) is 5.78. The second kappa shape index (κ2) is 8.41. The Balaban J connectivity index is 0.00000228. The van der Waals surface area contributed by atoms with Gasteiger partial charge in [-0.15, -0.1) is 12.4 Å². The lowest BCUT2D eigenvalue weighted by Gasteiger charge is -2.36. The molecule has 2 aromatic carbocycles. The van der Waals surface area contributed by atoms with E-state index in [1.54, 1.807) is 0 Å². The normalized spacial score (nSPS) is 25.9. The average molecular weight is 471 g/mol. The van der Waals surface area contributed by atoms with Crippen molar-refractivity contribution in [1.29, 1.82) is 0 Å². The van der Waals surface area contributed by atoms with Crippen LogP contribution in [0.25, 0.3) is 0 Å². The number of fused-ring (bicyclic) bond motifs is 5.